The van der Waals surface area contributed by atoms with Crippen LogP contribution in [0, 0.1) is 19.8 Å². The highest BCUT2D eigenvalue weighted by atomic mass is 32.2. The number of thioether (sulfide) groups is 1. The van der Waals surface area contributed by atoms with E-state index >= 15 is 0 Å². The van der Waals surface area contributed by atoms with E-state index in [9.17, 15) is 0 Å². The van der Waals surface area contributed by atoms with E-state index in [0.717, 1.165) is 18.1 Å². The van der Waals surface area contributed by atoms with E-state index < -0.39 is 0 Å². The molecule has 0 radical (unpaired) electrons. The molecule has 1 nitrogen and oxygen atoms in total. The lowest BCUT2D eigenvalue weighted by atomic mass is 10.1. The van der Waals surface area contributed by atoms with Crippen molar-refractivity contribution in [2.24, 2.45) is 11.7 Å². The van der Waals surface area contributed by atoms with Gasteiger partial charge in [-0.25, -0.2) is 0 Å². The first-order valence-electron chi connectivity index (χ1n) is 5.47. The van der Waals surface area contributed by atoms with Crippen molar-refractivity contribution in [3.63, 3.8) is 0 Å². The van der Waals surface area contributed by atoms with E-state index in [1.807, 2.05) is 11.8 Å². The monoisotopic (exact) mass is 223 g/mol. The summed E-state index contributed by atoms with van der Waals surface area (Å²) in [6.07, 6.45) is 0. The minimum absolute atomic E-state index is 0.626. The lowest BCUT2D eigenvalue weighted by molar-refractivity contribution is 0.675. The molecule has 1 rings (SSSR count). The van der Waals surface area contributed by atoms with Crippen molar-refractivity contribution < 1.29 is 0 Å². The van der Waals surface area contributed by atoms with Crippen LogP contribution in [0.5, 0.6) is 0 Å². The minimum atomic E-state index is 0.626. The van der Waals surface area contributed by atoms with Crippen LogP contribution in [0.3, 0.4) is 0 Å². The summed E-state index contributed by atoms with van der Waals surface area (Å²) in [7, 11) is 0. The highest BCUT2D eigenvalue weighted by Crippen LogP contribution is 2.17. The van der Waals surface area contributed by atoms with E-state index in [-0.39, 0.29) is 0 Å². The Kier molecular flexibility index (Phi) is 5.20. The Hall–Kier alpha value is -0.470. The molecule has 0 heterocycles. The zero-order valence-electron chi connectivity index (χ0n) is 9.92. The predicted molar refractivity (Wildman–Crippen MR) is 70.3 cm³/mol. The lowest BCUT2D eigenvalue weighted by Gasteiger charge is -2.08. The highest BCUT2D eigenvalue weighted by Gasteiger charge is 2.00. The van der Waals surface area contributed by atoms with Gasteiger partial charge in [-0.2, -0.15) is 11.8 Å². The predicted octanol–water partition coefficient (Wildman–Crippen LogP) is 3.13. The molecule has 0 aliphatic rings. The molecule has 1 atom stereocenters. The largest absolute Gasteiger partial charge is 0.330 e. The summed E-state index contributed by atoms with van der Waals surface area (Å²) in [6, 6.07) is 6.72. The van der Waals surface area contributed by atoms with Crippen molar-refractivity contribution in [2.75, 3.05) is 12.3 Å². The highest BCUT2D eigenvalue weighted by molar-refractivity contribution is 7.98. The third-order valence-electron chi connectivity index (χ3n) is 2.64. The van der Waals surface area contributed by atoms with Crippen molar-refractivity contribution in [3.05, 3.63) is 34.9 Å². The summed E-state index contributed by atoms with van der Waals surface area (Å²) in [6.45, 7) is 7.32. The normalized spacial score (nSPS) is 12.8. The van der Waals surface area contributed by atoms with E-state index in [1.54, 1.807) is 0 Å². The van der Waals surface area contributed by atoms with Gasteiger partial charge in [0.15, 0.2) is 0 Å². The summed E-state index contributed by atoms with van der Waals surface area (Å²) in [5, 5.41) is 0. The van der Waals surface area contributed by atoms with Gasteiger partial charge in [0.1, 0.15) is 0 Å². The Morgan fingerprint density at radius 2 is 2.00 bits per heavy atom. The average Bonchev–Trinajstić information content (AvgIpc) is 2.23. The number of aryl methyl sites for hydroxylation is 2. The zero-order chi connectivity index (χ0) is 11.3. The van der Waals surface area contributed by atoms with Crippen LogP contribution in [-0.2, 0) is 5.75 Å². The molecular formula is C13H21NS. The number of hydrogen-bond donors (Lipinski definition) is 1. The SMILES string of the molecule is Cc1ccc(CSCC(C)CN)cc1C. The van der Waals surface area contributed by atoms with Crippen molar-refractivity contribution in [3.8, 4) is 0 Å². The molecule has 1 unspecified atom stereocenters. The quantitative estimate of drug-likeness (QED) is 0.830. The molecule has 0 spiro atoms. The van der Waals surface area contributed by atoms with E-state index in [0.29, 0.717) is 5.92 Å². The number of hydrogen-bond acceptors (Lipinski definition) is 2. The smallest absolute Gasteiger partial charge is 0.0184 e. The van der Waals surface area contributed by atoms with E-state index in [4.69, 9.17) is 5.73 Å². The zero-order valence-corrected chi connectivity index (χ0v) is 10.7. The Morgan fingerprint density at radius 1 is 1.27 bits per heavy atom. The second kappa shape index (κ2) is 6.19. The van der Waals surface area contributed by atoms with Crippen LogP contribution < -0.4 is 5.73 Å². The number of nitrogens with two attached hydrogens (primary N) is 1. The Labute approximate surface area is 97.4 Å². The van der Waals surface area contributed by atoms with Crippen LogP contribution in [0.1, 0.15) is 23.6 Å². The van der Waals surface area contributed by atoms with Gasteiger partial charge in [0, 0.05) is 5.75 Å². The van der Waals surface area contributed by atoms with Crippen molar-refractivity contribution in [1.29, 1.82) is 0 Å². The fourth-order valence-corrected chi connectivity index (χ4v) is 2.41. The van der Waals surface area contributed by atoms with Gasteiger partial charge in [0.25, 0.3) is 0 Å². The molecule has 0 saturated heterocycles. The summed E-state index contributed by atoms with van der Waals surface area (Å²) >= 11 is 1.97. The molecule has 0 bridgehead atoms. The fraction of sp³-hybridized carbons (Fsp3) is 0.538. The van der Waals surface area contributed by atoms with Crippen LogP contribution >= 0.6 is 11.8 Å². The van der Waals surface area contributed by atoms with Crippen molar-refractivity contribution in [1.82, 2.24) is 0 Å². The Morgan fingerprint density at radius 3 is 2.60 bits per heavy atom. The first kappa shape index (κ1) is 12.6. The van der Waals surface area contributed by atoms with Crippen molar-refractivity contribution >= 4 is 11.8 Å². The third-order valence-corrected chi connectivity index (χ3v) is 3.99. The summed E-state index contributed by atoms with van der Waals surface area (Å²) in [5.41, 5.74) is 9.77. The molecule has 0 aromatic heterocycles. The van der Waals surface area contributed by atoms with Gasteiger partial charge in [-0.3, -0.25) is 0 Å². The molecule has 0 saturated carbocycles. The molecule has 0 aliphatic carbocycles. The van der Waals surface area contributed by atoms with Gasteiger partial charge in [-0.1, -0.05) is 25.1 Å². The number of benzene rings is 1. The molecule has 2 heteroatoms. The van der Waals surface area contributed by atoms with Gasteiger partial charge in [-0.05, 0) is 48.8 Å². The maximum Gasteiger partial charge on any atom is 0.0184 e. The maximum atomic E-state index is 5.58. The van der Waals surface area contributed by atoms with Crippen LogP contribution in [-0.4, -0.2) is 12.3 Å². The Bertz CT molecular complexity index is 309. The van der Waals surface area contributed by atoms with Crippen LogP contribution in [0.2, 0.25) is 0 Å². The van der Waals surface area contributed by atoms with Crippen molar-refractivity contribution in [2.45, 2.75) is 26.5 Å². The van der Waals surface area contributed by atoms with E-state index in [1.165, 1.54) is 16.7 Å². The second-order valence-corrected chi connectivity index (χ2v) is 5.30. The molecular weight excluding hydrogens is 202 g/mol. The topological polar surface area (TPSA) is 26.0 Å². The molecule has 0 aliphatic heterocycles. The van der Waals surface area contributed by atoms with Crippen LogP contribution in [0.25, 0.3) is 0 Å². The molecule has 84 valence electrons. The molecule has 2 N–H and O–H groups in total. The lowest BCUT2D eigenvalue weighted by Crippen LogP contribution is -2.12. The molecule has 0 amide bonds. The third kappa shape index (κ3) is 4.27. The Balaban J connectivity index is 2.41. The molecule has 1 aromatic rings. The summed E-state index contributed by atoms with van der Waals surface area (Å²) < 4.78 is 0. The first-order chi connectivity index (χ1) is 7.13. The maximum absolute atomic E-state index is 5.58. The van der Waals surface area contributed by atoms with Gasteiger partial charge in [0.2, 0.25) is 0 Å². The molecule has 0 fully saturated rings. The average molecular weight is 223 g/mol. The number of rotatable bonds is 5. The molecule has 1 aromatic carbocycles. The van der Waals surface area contributed by atoms with E-state index in [2.05, 4.69) is 39.0 Å². The van der Waals surface area contributed by atoms with Gasteiger partial charge < -0.3 is 5.73 Å². The summed E-state index contributed by atoms with van der Waals surface area (Å²) in [5.74, 6) is 2.89. The van der Waals surface area contributed by atoms with Gasteiger partial charge in [0.05, 0.1) is 0 Å². The first-order valence-corrected chi connectivity index (χ1v) is 6.63. The van der Waals surface area contributed by atoms with Crippen LogP contribution in [0.4, 0.5) is 0 Å². The van der Waals surface area contributed by atoms with Gasteiger partial charge in [-0.15, -0.1) is 0 Å². The fourth-order valence-electron chi connectivity index (χ4n) is 1.34. The standard InChI is InChI=1S/C13H21NS/c1-10(7-14)8-15-9-13-5-4-11(2)12(3)6-13/h4-6,10H,7-9,14H2,1-3H3. The second-order valence-electron chi connectivity index (χ2n) is 4.27. The molecule has 15 heavy (non-hydrogen) atoms. The summed E-state index contributed by atoms with van der Waals surface area (Å²) in [4.78, 5) is 0. The van der Waals surface area contributed by atoms with Gasteiger partial charge >= 0.3 is 0 Å². The minimum Gasteiger partial charge on any atom is -0.330 e. The van der Waals surface area contributed by atoms with Crippen LogP contribution in [0.15, 0.2) is 18.2 Å².